The fourth-order valence-corrected chi connectivity index (χ4v) is 2.53. The molecule has 5 heteroatoms. The van der Waals surface area contributed by atoms with Gasteiger partial charge in [0.2, 0.25) is 5.78 Å². The number of nitrogens with zero attached hydrogens (tertiary/aromatic N) is 1. The Balaban J connectivity index is 2.08. The number of carbonyl (C=O) groups is 1. The number of H-pyrrole nitrogens is 1. The first-order valence-corrected chi connectivity index (χ1v) is 6.91. The number of fused-ring (bicyclic) bond motifs is 3. The van der Waals surface area contributed by atoms with Crippen LogP contribution in [0.15, 0.2) is 36.5 Å². The predicted molar refractivity (Wildman–Crippen MR) is 80.3 cm³/mol. The van der Waals surface area contributed by atoms with Crippen molar-refractivity contribution in [2.45, 2.75) is 18.9 Å². The molecule has 1 atom stereocenters. The zero-order valence-electron chi connectivity index (χ0n) is 11.4. The molecule has 0 fully saturated rings. The molecule has 0 saturated carbocycles. The van der Waals surface area contributed by atoms with Gasteiger partial charge < -0.3 is 15.2 Å². The number of ketones is 1. The van der Waals surface area contributed by atoms with Gasteiger partial charge in [-0.05, 0) is 25.0 Å². The van der Waals surface area contributed by atoms with E-state index in [1.807, 2.05) is 30.3 Å². The van der Waals surface area contributed by atoms with Gasteiger partial charge in [-0.3, -0.25) is 9.78 Å². The zero-order chi connectivity index (χ0) is 14.8. The molecular weight excluding hydrogens is 268 g/mol. The van der Waals surface area contributed by atoms with Crippen LogP contribution in [0, 0.1) is 0 Å². The molecule has 0 aliphatic rings. The maximum absolute atomic E-state index is 12.3. The summed E-state index contributed by atoms with van der Waals surface area (Å²) < 4.78 is 0. The van der Waals surface area contributed by atoms with Gasteiger partial charge in [-0.2, -0.15) is 0 Å². The Morgan fingerprint density at radius 1 is 1.24 bits per heavy atom. The van der Waals surface area contributed by atoms with Crippen molar-refractivity contribution in [1.82, 2.24) is 9.97 Å². The van der Waals surface area contributed by atoms with Crippen molar-refractivity contribution in [3.63, 3.8) is 0 Å². The number of para-hydroxylation sites is 1. The van der Waals surface area contributed by atoms with Gasteiger partial charge >= 0.3 is 0 Å². The molecule has 0 spiro atoms. The molecule has 0 saturated heterocycles. The maximum atomic E-state index is 12.3. The van der Waals surface area contributed by atoms with Crippen molar-refractivity contribution in [3.05, 3.63) is 42.2 Å². The molecule has 5 nitrogen and oxygen atoms in total. The summed E-state index contributed by atoms with van der Waals surface area (Å²) in [5.74, 6) is -0.416. The number of rotatable bonds is 5. The Bertz CT molecular complexity index is 794. The van der Waals surface area contributed by atoms with Gasteiger partial charge in [-0.1, -0.05) is 18.2 Å². The van der Waals surface area contributed by atoms with Gasteiger partial charge in [0, 0.05) is 29.1 Å². The minimum absolute atomic E-state index is 0.0473. The smallest absolute Gasteiger partial charge is 0.211 e. The molecule has 1 aromatic carbocycles. The lowest BCUT2D eigenvalue weighted by molar-refractivity contribution is 0.0711. The summed E-state index contributed by atoms with van der Waals surface area (Å²) in [7, 11) is 0. The number of pyridine rings is 1. The molecule has 0 radical (unpaired) electrons. The third-order valence-electron chi connectivity index (χ3n) is 3.60. The van der Waals surface area contributed by atoms with Gasteiger partial charge in [0.05, 0.1) is 5.52 Å². The molecule has 0 amide bonds. The van der Waals surface area contributed by atoms with Crippen molar-refractivity contribution < 1.29 is 15.0 Å². The number of aromatic amines is 1. The number of aliphatic hydroxyl groups is 2. The second kappa shape index (κ2) is 5.63. The summed E-state index contributed by atoms with van der Waals surface area (Å²) in [6, 6.07) is 9.62. The first kappa shape index (κ1) is 13.7. The van der Waals surface area contributed by atoms with Gasteiger partial charge in [0.25, 0.3) is 0 Å². The lowest BCUT2D eigenvalue weighted by Crippen LogP contribution is -2.22. The molecule has 0 aliphatic carbocycles. The summed E-state index contributed by atoms with van der Waals surface area (Å²) in [4.78, 5) is 19.6. The minimum Gasteiger partial charge on any atom is -0.396 e. The second-order valence-electron chi connectivity index (χ2n) is 5.00. The van der Waals surface area contributed by atoms with Crippen LogP contribution in [0.3, 0.4) is 0 Å². The van der Waals surface area contributed by atoms with E-state index in [0.717, 1.165) is 16.3 Å². The van der Waals surface area contributed by atoms with Crippen molar-refractivity contribution in [2.24, 2.45) is 0 Å². The van der Waals surface area contributed by atoms with E-state index < -0.39 is 11.9 Å². The van der Waals surface area contributed by atoms with Crippen LogP contribution in [0.1, 0.15) is 23.3 Å². The summed E-state index contributed by atoms with van der Waals surface area (Å²) >= 11 is 0. The van der Waals surface area contributed by atoms with Crippen LogP contribution in [-0.4, -0.2) is 38.7 Å². The van der Waals surface area contributed by atoms with Gasteiger partial charge in [0.15, 0.2) is 0 Å². The largest absolute Gasteiger partial charge is 0.396 e. The van der Waals surface area contributed by atoms with E-state index >= 15 is 0 Å². The van der Waals surface area contributed by atoms with Crippen LogP contribution in [-0.2, 0) is 0 Å². The van der Waals surface area contributed by atoms with E-state index in [1.165, 1.54) is 0 Å². The number of aromatic nitrogens is 2. The van der Waals surface area contributed by atoms with Crippen LogP contribution in [0.2, 0.25) is 0 Å². The average molecular weight is 284 g/mol. The van der Waals surface area contributed by atoms with Gasteiger partial charge in [0.1, 0.15) is 11.8 Å². The number of aliphatic hydroxyl groups excluding tert-OH is 2. The fourth-order valence-electron chi connectivity index (χ4n) is 2.53. The molecular formula is C16H16N2O3. The zero-order valence-corrected chi connectivity index (χ0v) is 11.4. The molecule has 3 N–H and O–H groups in total. The summed E-state index contributed by atoms with van der Waals surface area (Å²) in [5, 5.41) is 20.6. The molecule has 2 heterocycles. The molecule has 3 aromatic rings. The van der Waals surface area contributed by atoms with Crippen molar-refractivity contribution in [2.75, 3.05) is 6.61 Å². The highest BCUT2D eigenvalue weighted by Crippen LogP contribution is 2.27. The van der Waals surface area contributed by atoms with Crippen molar-refractivity contribution in [1.29, 1.82) is 0 Å². The highest BCUT2D eigenvalue weighted by atomic mass is 16.3. The van der Waals surface area contributed by atoms with E-state index in [-0.39, 0.29) is 18.7 Å². The first-order chi connectivity index (χ1) is 10.2. The predicted octanol–water partition coefficient (Wildman–Crippen LogP) is 2.03. The highest BCUT2D eigenvalue weighted by molar-refractivity contribution is 6.15. The molecule has 0 bridgehead atoms. The van der Waals surface area contributed by atoms with E-state index in [9.17, 15) is 9.90 Å². The Morgan fingerprint density at radius 2 is 2.05 bits per heavy atom. The van der Waals surface area contributed by atoms with E-state index in [1.54, 1.807) is 6.20 Å². The summed E-state index contributed by atoms with van der Waals surface area (Å²) in [6.45, 7) is -0.0473. The minimum atomic E-state index is -1.14. The Hall–Kier alpha value is -2.24. The number of carbonyl (C=O) groups excluding carboxylic acids is 1. The summed E-state index contributed by atoms with van der Waals surface area (Å²) in [5.41, 5.74) is 1.82. The quantitative estimate of drug-likeness (QED) is 0.626. The van der Waals surface area contributed by atoms with E-state index in [4.69, 9.17) is 5.11 Å². The lowest BCUT2D eigenvalue weighted by atomic mass is 10.0. The van der Waals surface area contributed by atoms with Gasteiger partial charge in [-0.15, -0.1) is 0 Å². The van der Waals surface area contributed by atoms with Crippen LogP contribution in [0.5, 0.6) is 0 Å². The average Bonchev–Trinajstić information content (AvgIpc) is 2.90. The normalized spacial score (nSPS) is 12.9. The van der Waals surface area contributed by atoms with E-state index in [0.29, 0.717) is 11.9 Å². The number of hydrogen-bond acceptors (Lipinski definition) is 4. The van der Waals surface area contributed by atoms with Gasteiger partial charge in [-0.25, -0.2) is 0 Å². The Labute approximate surface area is 121 Å². The first-order valence-electron chi connectivity index (χ1n) is 6.91. The summed E-state index contributed by atoms with van der Waals surface area (Å²) in [6.07, 6.45) is 1.05. The lowest BCUT2D eigenvalue weighted by Gasteiger charge is -2.08. The molecule has 3 rings (SSSR count). The number of hydrogen-bond donors (Lipinski definition) is 3. The SMILES string of the molecule is O=C(c1nccc2c1[nH]c1ccccc12)[C@H](O)CCCO. The Kier molecular flexibility index (Phi) is 3.68. The third-order valence-corrected chi connectivity index (χ3v) is 3.60. The fraction of sp³-hybridized carbons (Fsp3) is 0.250. The van der Waals surface area contributed by atoms with Crippen molar-refractivity contribution >= 4 is 27.6 Å². The number of Topliss-reactive ketones (excluding diaryl/α,β-unsaturated/α-hetero) is 1. The highest BCUT2D eigenvalue weighted by Gasteiger charge is 2.21. The molecule has 0 unspecified atom stereocenters. The van der Waals surface area contributed by atoms with E-state index in [2.05, 4.69) is 9.97 Å². The maximum Gasteiger partial charge on any atom is 0.211 e. The van der Waals surface area contributed by atoms with Crippen molar-refractivity contribution in [3.8, 4) is 0 Å². The molecule has 108 valence electrons. The monoisotopic (exact) mass is 284 g/mol. The number of nitrogens with one attached hydrogen (secondary N) is 1. The Morgan fingerprint density at radius 3 is 2.86 bits per heavy atom. The second-order valence-corrected chi connectivity index (χ2v) is 5.00. The van der Waals surface area contributed by atoms with Crippen LogP contribution < -0.4 is 0 Å². The number of benzene rings is 1. The topological polar surface area (TPSA) is 86.2 Å². The molecule has 0 aliphatic heterocycles. The van der Waals surface area contributed by atoms with Crippen LogP contribution in [0.4, 0.5) is 0 Å². The molecule has 2 aromatic heterocycles. The third kappa shape index (κ3) is 2.41. The van der Waals surface area contributed by atoms with Crippen LogP contribution in [0.25, 0.3) is 21.8 Å². The van der Waals surface area contributed by atoms with Crippen LogP contribution >= 0.6 is 0 Å². The molecule has 21 heavy (non-hydrogen) atoms. The standard InChI is InChI=1S/C16H16N2O3/c19-9-3-6-13(20)16(21)15-14-11(7-8-17-15)10-4-1-2-5-12(10)18-14/h1-2,4-5,7-8,13,18-20H,3,6,9H2/t13-/m1/s1.